The summed E-state index contributed by atoms with van der Waals surface area (Å²) in [5.41, 5.74) is 0.0105. The molecule has 1 aromatic carbocycles. The molecule has 1 unspecified atom stereocenters. The van der Waals surface area contributed by atoms with Crippen molar-refractivity contribution in [1.29, 1.82) is 0 Å². The summed E-state index contributed by atoms with van der Waals surface area (Å²) in [5.74, 6) is -0.534. The normalized spacial score (nSPS) is 21.5. The van der Waals surface area contributed by atoms with Gasteiger partial charge in [0.15, 0.2) is 9.84 Å². The van der Waals surface area contributed by atoms with Crippen LogP contribution in [0, 0.1) is 10.1 Å². The van der Waals surface area contributed by atoms with E-state index in [2.05, 4.69) is 4.72 Å². The number of nitro groups is 1. The molecule has 1 N–H and O–H groups in total. The number of nitro benzene ring substituents is 1. The number of non-ortho nitro benzene ring substituents is 1. The van der Waals surface area contributed by atoms with Crippen LogP contribution in [0.4, 0.5) is 11.4 Å². The highest BCUT2D eigenvalue weighted by Gasteiger charge is 2.37. The second-order valence-electron chi connectivity index (χ2n) is 4.48. The maximum absolute atomic E-state index is 12.0. The fourth-order valence-electron chi connectivity index (χ4n) is 1.90. The van der Waals surface area contributed by atoms with Crippen LogP contribution < -0.4 is 4.72 Å². The van der Waals surface area contributed by atoms with E-state index in [0.29, 0.717) is 0 Å². The summed E-state index contributed by atoms with van der Waals surface area (Å²) in [4.78, 5) is 9.88. The average molecular weight is 320 g/mol. The van der Waals surface area contributed by atoms with Gasteiger partial charge in [-0.15, -0.1) is 0 Å². The molecule has 0 saturated carbocycles. The minimum Gasteiger partial charge on any atom is -0.283 e. The van der Waals surface area contributed by atoms with E-state index >= 15 is 0 Å². The predicted octanol–water partition coefficient (Wildman–Crippen LogP) is 0.524. The van der Waals surface area contributed by atoms with Crippen molar-refractivity contribution in [3.63, 3.8) is 0 Å². The number of benzene rings is 1. The molecule has 0 aliphatic carbocycles. The Balaban J connectivity index is 2.14. The van der Waals surface area contributed by atoms with Crippen LogP contribution in [-0.4, -0.2) is 38.5 Å². The van der Waals surface area contributed by atoms with Crippen molar-refractivity contribution in [3.05, 3.63) is 34.4 Å². The maximum Gasteiger partial charge on any atom is 0.269 e. The number of sulfonamides is 1. The lowest BCUT2D eigenvalue weighted by Crippen LogP contribution is -2.28. The summed E-state index contributed by atoms with van der Waals surface area (Å²) in [6.45, 7) is 0. The molecule has 0 radical (unpaired) electrons. The quantitative estimate of drug-likeness (QED) is 0.637. The molecule has 1 aliphatic heterocycles. The Kier molecular flexibility index (Phi) is 3.69. The van der Waals surface area contributed by atoms with Gasteiger partial charge in [-0.3, -0.25) is 14.8 Å². The minimum atomic E-state index is -3.82. The second-order valence-corrected chi connectivity index (χ2v) is 8.67. The lowest BCUT2D eigenvalue weighted by molar-refractivity contribution is -0.384. The topological polar surface area (TPSA) is 123 Å². The van der Waals surface area contributed by atoms with Gasteiger partial charge in [-0.25, -0.2) is 16.8 Å². The summed E-state index contributed by atoms with van der Waals surface area (Å²) in [6.07, 6.45) is 0.0602. The van der Waals surface area contributed by atoms with Crippen molar-refractivity contribution in [3.8, 4) is 0 Å². The number of sulfone groups is 1. The lowest BCUT2D eigenvalue weighted by Gasteiger charge is -2.12. The largest absolute Gasteiger partial charge is 0.283 e. The molecule has 1 fully saturated rings. The summed E-state index contributed by atoms with van der Waals surface area (Å²) in [5, 5.41) is 9.49. The summed E-state index contributed by atoms with van der Waals surface area (Å²) >= 11 is 0. The zero-order valence-corrected chi connectivity index (χ0v) is 11.9. The summed E-state index contributed by atoms with van der Waals surface area (Å²) in [6, 6.07) is 4.87. The highest BCUT2D eigenvalue weighted by atomic mass is 32.2. The van der Waals surface area contributed by atoms with E-state index in [-0.39, 0.29) is 23.5 Å². The van der Waals surface area contributed by atoms with E-state index in [4.69, 9.17) is 0 Å². The molecule has 1 heterocycles. The van der Waals surface area contributed by atoms with E-state index in [0.717, 1.165) is 0 Å². The van der Waals surface area contributed by atoms with Crippen LogP contribution in [0.5, 0.6) is 0 Å². The summed E-state index contributed by atoms with van der Waals surface area (Å²) in [7, 11) is -7.11. The maximum atomic E-state index is 12.0. The highest BCUT2D eigenvalue weighted by Crippen LogP contribution is 2.22. The number of nitrogens with zero attached hydrogens (tertiary/aromatic N) is 1. The Morgan fingerprint density at radius 2 is 1.85 bits per heavy atom. The molecular formula is C10H12N2O6S2. The zero-order chi connectivity index (χ0) is 15.0. The third-order valence-electron chi connectivity index (χ3n) is 2.97. The Morgan fingerprint density at radius 1 is 1.25 bits per heavy atom. The molecule has 1 saturated heterocycles. The van der Waals surface area contributed by atoms with Crippen molar-refractivity contribution < 1.29 is 21.8 Å². The van der Waals surface area contributed by atoms with Gasteiger partial charge in [0.2, 0.25) is 10.0 Å². The van der Waals surface area contributed by atoms with Crippen LogP contribution in [-0.2, 0) is 19.9 Å². The van der Waals surface area contributed by atoms with Gasteiger partial charge in [0, 0.05) is 17.8 Å². The fraction of sp³-hybridized carbons (Fsp3) is 0.400. The molecule has 0 amide bonds. The minimum absolute atomic E-state index is 0.0602. The number of hydrogen-bond donors (Lipinski definition) is 1. The van der Waals surface area contributed by atoms with E-state index in [1.165, 1.54) is 24.3 Å². The molecule has 1 aliphatic rings. The number of rotatable bonds is 4. The van der Waals surface area contributed by atoms with E-state index in [9.17, 15) is 26.9 Å². The fourth-order valence-corrected chi connectivity index (χ4v) is 6.00. The highest BCUT2D eigenvalue weighted by molar-refractivity contribution is 7.97. The molecule has 10 heteroatoms. The van der Waals surface area contributed by atoms with Crippen LogP contribution >= 0.6 is 0 Å². The number of anilines is 1. The van der Waals surface area contributed by atoms with Gasteiger partial charge in [-0.2, -0.15) is 0 Å². The molecule has 20 heavy (non-hydrogen) atoms. The standard InChI is InChI=1S/C10H12N2O6S2/c13-12(14)9-3-1-8(2-4-9)11-20(17,18)10-5-6-19(15,16)7-10/h1-4,10-11H,5-7H2. The van der Waals surface area contributed by atoms with E-state index in [1.54, 1.807) is 0 Å². The van der Waals surface area contributed by atoms with Gasteiger partial charge in [-0.1, -0.05) is 0 Å². The molecule has 2 rings (SSSR count). The van der Waals surface area contributed by atoms with Gasteiger partial charge in [-0.05, 0) is 18.6 Å². The van der Waals surface area contributed by atoms with Gasteiger partial charge >= 0.3 is 0 Å². The first-order valence-electron chi connectivity index (χ1n) is 5.66. The van der Waals surface area contributed by atoms with Gasteiger partial charge < -0.3 is 0 Å². The molecule has 1 atom stereocenters. The first-order chi connectivity index (χ1) is 9.20. The van der Waals surface area contributed by atoms with Crippen LogP contribution in [0.3, 0.4) is 0 Å². The smallest absolute Gasteiger partial charge is 0.269 e. The molecular weight excluding hydrogens is 308 g/mol. The molecule has 110 valence electrons. The van der Waals surface area contributed by atoms with Gasteiger partial charge in [0.05, 0.1) is 21.7 Å². The van der Waals surface area contributed by atoms with Crippen molar-refractivity contribution in [2.75, 3.05) is 16.2 Å². The molecule has 1 aromatic rings. The van der Waals surface area contributed by atoms with Crippen LogP contribution in [0.1, 0.15) is 6.42 Å². The van der Waals surface area contributed by atoms with Crippen molar-refractivity contribution >= 4 is 31.2 Å². The van der Waals surface area contributed by atoms with Crippen molar-refractivity contribution in [2.45, 2.75) is 11.7 Å². The molecule has 0 bridgehead atoms. The first-order valence-corrected chi connectivity index (χ1v) is 9.03. The van der Waals surface area contributed by atoms with E-state index in [1.807, 2.05) is 0 Å². The Labute approximate surface area is 115 Å². The Hall–Kier alpha value is -1.68. The monoisotopic (exact) mass is 320 g/mol. The van der Waals surface area contributed by atoms with Crippen molar-refractivity contribution in [2.24, 2.45) is 0 Å². The van der Waals surface area contributed by atoms with Crippen LogP contribution in [0.25, 0.3) is 0 Å². The third-order valence-corrected chi connectivity index (χ3v) is 6.75. The number of nitrogens with one attached hydrogen (secondary N) is 1. The second kappa shape index (κ2) is 5.02. The Morgan fingerprint density at radius 3 is 2.30 bits per heavy atom. The van der Waals surface area contributed by atoms with Gasteiger partial charge in [0.25, 0.3) is 5.69 Å². The Bertz CT molecular complexity index is 724. The van der Waals surface area contributed by atoms with Gasteiger partial charge in [0.1, 0.15) is 0 Å². The molecule has 0 spiro atoms. The lowest BCUT2D eigenvalue weighted by atomic mass is 10.3. The van der Waals surface area contributed by atoms with E-state index < -0.39 is 35.8 Å². The summed E-state index contributed by atoms with van der Waals surface area (Å²) < 4.78 is 48.8. The first kappa shape index (κ1) is 14.7. The number of hydrogen-bond acceptors (Lipinski definition) is 6. The van der Waals surface area contributed by atoms with Crippen LogP contribution in [0.2, 0.25) is 0 Å². The third kappa shape index (κ3) is 3.25. The average Bonchev–Trinajstić information content (AvgIpc) is 2.70. The molecule has 0 aromatic heterocycles. The van der Waals surface area contributed by atoms with Crippen LogP contribution in [0.15, 0.2) is 24.3 Å². The molecule has 8 nitrogen and oxygen atoms in total. The van der Waals surface area contributed by atoms with Crippen molar-refractivity contribution in [1.82, 2.24) is 0 Å². The predicted molar refractivity (Wildman–Crippen MR) is 72.7 cm³/mol. The SMILES string of the molecule is O=[N+]([O-])c1ccc(NS(=O)(=O)C2CCS(=O)(=O)C2)cc1. The zero-order valence-electron chi connectivity index (χ0n) is 10.2.